The van der Waals surface area contributed by atoms with Crippen LogP contribution in [0, 0.1) is 5.41 Å². The number of hydrogen-bond acceptors (Lipinski definition) is 3. The molecule has 1 aliphatic carbocycles. The normalized spacial score (nSPS) is 29.8. The third kappa shape index (κ3) is 2.27. The molecular weight excluding hydrogens is 176 g/mol. The first-order valence-electron chi connectivity index (χ1n) is 5.74. The van der Waals surface area contributed by atoms with Crippen molar-refractivity contribution in [2.24, 2.45) is 11.1 Å². The van der Waals surface area contributed by atoms with Crippen LogP contribution in [0.3, 0.4) is 0 Å². The van der Waals surface area contributed by atoms with Crippen LogP contribution in [0.15, 0.2) is 0 Å². The monoisotopic (exact) mass is 198 g/mol. The Morgan fingerprint density at radius 1 is 1.50 bits per heavy atom. The zero-order valence-corrected chi connectivity index (χ0v) is 9.17. The molecule has 2 rings (SSSR count). The molecular formula is C11H22N2O. The van der Waals surface area contributed by atoms with E-state index < -0.39 is 0 Å². The van der Waals surface area contributed by atoms with E-state index >= 15 is 0 Å². The second-order valence-corrected chi connectivity index (χ2v) is 4.97. The molecule has 0 bridgehead atoms. The molecule has 2 aliphatic rings. The zero-order valence-electron chi connectivity index (χ0n) is 9.17. The van der Waals surface area contributed by atoms with Crippen molar-refractivity contribution >= 4 is 0 Å². The van der Waals surface area contributed by atoms with E-state index in [-0.39, 0.29) is 0 Å². The molecule has 1 saturated heterocycles. The van der Waals surface area contributed by atoms with Crippen molar-refractivity contribution in [3.63, 3.8) is 0 Å². The van der Waals surface area contributed by atoms with Gasteiger partial charge in [0.1, 0.15) is 0 Å². The van der Waals surface area contributed by atoms with Gasteiger partial charge in [-0.15, -0.1) is 0 Å². The standard InChI is InChI=1S/C11H22N2O/c1-13(10-2-7-14-8-10)9-11(3-4-11)5-6-12/h10H,2-9,12H2,1H3. The van der Waals surface area contributed by atoms with E-state index in [2.05, 4.69) is 11.9 Å². The molecule has 0 spiro atoms. The minimum Gasteiger partial charge on any atom is -0.380 e. The van der Waals surface area contributed by atoms with Crippen LogP contribution in [-0.4, -0.2) is 44.3 Å². The number of hydrogen-bond donors (Lipinski definition) is 1. The van der Waals surface area contributed by atoms with Gasteiger partial charge in [0.15, 0.2) is 0 Å². The Hall–Kier alpha value is -0.120. The lowest BCUT2D eigenvalue weighted by Gasteiger charge is -2.27. The number of nitrogens with two attached hydrogens (primary N) is 1. The molecule has 1 heterocycles. The summed E-state index contributed by atoms with van der Waals surface area (Å²) in [6.45, 7) is 3.93. The minimum atomic E-state index is 0.575. The molecule has 2 fully saturated rings. The first-order valence-corrected chi connectivity index (χ1v) is 5.74. The van der Waals surface area contributed by atoms with Crippen molar-refractivity contribution in [3.05, 3.63) is 0 Å². The lowest BCUT2D eigenvalue weighted by Crippen LogP contribution is -2.37. The Morgan fingerprint density at radius 2 is 2.29 bits per heavy atom. The quantitative estimate of drug-likeness (QED) is 0.711. The van der Waals surface area contributed by atoms with E-state index in [1.165, 1.54) is 32.2 Å². The van der Waals surface area contributed by atoms with Crippen LogP contribution in [-0.2, 0) is 4.74 Å². The minimum absolute atomic E-state index is 0.575. The Bertz CT molecular complexity index is 186. The summed E-state index contributed by atoms with van der Waals surface area (Å²) in [7, 11) is 2.23. The number of ether oxygens (including phenoxy) is 1. The summed E-state index contributed by atoms with van der Waals surface area (Å²) in [5, 5.41) is 0. The summed E-state index contributed by atoms with van der Waals surface area (Å²) in [6.07, 6.45) is 5.16. The van der Waals surface area contributed by atoms with Crippen molar-refractivity contribution in [3.8, 4) is 0 Å². The molecule has 0 aromatic rings. The van der Waals surface area contributed by atoms with Crippen molar-refractivity contribution in [1.29, 1.82) is 0 Å². The summed E-state index contributed by atoms with van der Waals surface area (Å²) in [6, 6.07) is 0.658. The average molecular weight is 198 g/mol. The third-order valence-electron chi connectivity index (χ3n) is 3.75. The van der Waals surface area contributed by atoms with Crippen molar-refractivity contribution in [2.45, 2.75) is 31.7 Å². The second kappa shape index (κ2) is 4.17. The van der Waals surface area contributed by atoms with Crippen LogP contribution >= 0.6 is 0 Å². The highest BCUT2D eigenvalue weighted by atomic mass is 16.5. The van der Waals surface area contributed by atoms with Crippen LogP contribution in [0.25, 0.3) is 0 Å². The molecule has 1 unspecified atom stereocenters. The summed E-state index contributed by atoms with van der Waals surface area (Å²) >= 11 is 0. The van der Waals surface area contributed by atoms with Gasteiger partial charge in [0, 0.05) is 19.2 Å². The smallest absolute Gasteiger partial charge is 0.0622 e. The fraction of sp³-hybridized carbons (Fsp3) is 1.00. The molecule has 82 valence electrons. The highest BCUT2D eigenvalue weighted by molar-refractivity contribution is 4.96. The lowest BCUT2D eigenvalue weighted by atomic mass is 10.0. The van der Waals surface area contributed by atoms with E-state index in [0.29, 0.717) is 11.5 Å². The predicted molar refractivity (Wildman–Crippen MR) is 57.2 cm³/mol. The third-order valence-corrected chi connectivity index (χ3v) is 3.75. The number of nitrogens with zero attached hydrogens (tertiary/aromatic N) is 1. The number of rotatable bonds is 5. The first kappa shape index (κ1) is 10.4. The summed E-state index contributed by atoms with van der Waals surface area (Å²) in [4.78, 5) is 2.48. The van der Waals surface area contributed by atoms with Crippen LogP contribution in [0.1, 0.15) is 25.7 Å². The predicted octanol–water partition coefficient (Wildman–Crippen LogP) is 0.836. The molecule has 0 amide bonds. The van der Waals surface area contributed by atoms with E-state index in [1.807, 2.05) is 0 Å². The van der Waals surface area contributed by atoms with Gasteiger partial charge in [0.05, 0.1) is 6.61 Å². The van der Waals surface area contributed by atoms with Crippen molar-refractivity contribution in [1.82, 2.24) is 4.90 Å². The summed E-state index contributed by atoms with van der Waals surface area (Å²) in [5.74, 6) is 0. The van der Waals surface area contributed by atoms with E-state index in [0.717, 1.165) is 19.8 Å². The van der Waals surface area contributed by atoms with Crippen molar-refractivity contribution in [2.75, 3.05) is 33.4 Å². The van der Waals surface area contributed by atoms with E-state index in [4.69, 9.17) is 10.5 Å². The van der Waals surface area contributed by atoms with Crippen LogP contribution < -0.4 is 5.73 Å². The van der Waals surface area contributed by atoms with Gasteiger partial charge in [-0.2, -0.15) is 0 Å². The Kier molecular flexibility index (Phi) is 3.10. The van der Waals surface area contributed by atoms with Crippen molar-refractivity contribution < 1.29 is 4.74 Å². The maximum atomic E-state index is 5.64. The molecule has 2 N–H and O–H groups in total. The lowest BCUT2D eigenvalue weighted by molar-refractivity contribution is 0.144. The van der Waals surface area contributed by atoms with Gasteiger partial charge in [-0.05, 0) is 44.7 Å². The number of likely N-dealkylation sites (N-methyl/N-ethyl adjacent to an activating group) is 1. The highest BCUT2D eigenvalue weighted by Crippen LogP contribution is 2.49. The van der Waals surface area contributed by atoms with Crippen LogP contribution in [0.5, 0.6) is 0 Å². The molecule has 0 aromatic heterocycles. The van der Waals surface area contributed by atoms with Gasteiger partial charge in [0.25, 0.3) is 0 Å². The maximum Gasteiger partial charge on any atom is 0.0622 e. The highest BCUT2D eigenvalue weighted by Gasteiger charge is 2.43. The van der Waals surface area contributed by atoms with Gasteiger partial charge in [-0.25, -0.2) is 0 Å². The van der Waals surface area contributed by atoms with Gasteiger partial charge in [-0.1, -0.05) is 0 Å². The molecule has 0 radical (unpaired) electrons. The largest absolute Gasteiger partial charge is 0.380 e. The SMILES string of the molecule is CN(CC1(CCN)CC1)C1CCOC1. The Balaban J connectivity index is 1.78. The Morgan fingerprint density at radius 3 is 2.79 bits per heavy atom. The first-order chi connectivity index (χ1) is 6.76. The van der Waals surface area contributed by atoms with Gasteiger partial charge in [0.2, 0.25) is 0 Å². The molecule has 1 aliphatic heterocycles. The van der Waals surface area contributed by atoms with Gasteiger partial charge < -0.3 is 15.4 Å². The second-order valence-electron chi connectivity index (χ2n) is 4.97. The molecule has 1 saturated carbocycles. The summed E-state index contributed by atoms with van der Waals surface area (Å²) < 4.78 is 5.41. The molecule has 3 heteroatoms. The fourth-order valence-corrected chi connectivity index (χ4v) is 2.50. The van der Waals surface area contributed by atoms with E-state index in [1.54, 1.807) is 0 Å². The van der Waals surface area contributed by atoms with Crippen LogP contribution in [0.4, 0.5) is 0 Å². The average Bonchev–Trinajstić information content (AvgIpc) is 2.70. The van der Waals surface area contributed by atoms with Crippen LogP contribution in [0.2, 0.25) is 0 Å². The fourth-order valence-electron chi connectivity index (χ4n) is 2.50. The van der Waals surface area contributed by atoms with Gasteiger partial charge >= 0.3 is 0 Å². The topological polar surface area (TPSA) is 38.5 Å². The van der Waals surface area contributed by atoms with E-state index in [9.17, 15) is 0 Å². The summed E-state index contributed by atoms with van der Waals surface area (Å²) in [5.41, 5.74) is 6.22. The molecule has 1 atom stereocenters. The Labute approximate surface area is 86.6 Å². The molecule has 0 aromatic carbocycles. The zero-order chi connectivity index (χ0) is 10.0. The maximum absolute atomic E-state index is 5.64. The molecule has 3 nitrogen and oxygen atoms in total. The van der Waals surface area contributed by atoms with Gasteiger partial charge in [-0.3, -0.25) is 0 Å². The molecule has 14 heavy (non-hydrogen) atoms.